The van der Waals surface area contributed by atoms with Crippen molar-refractivity contribution in [2.45, 2.75) is 139 Å². The van der Waals surface area contributed by atoms with Gasteiger partial charge >= 0.3 is 0 Å². The highest BCUT2D eigenvalue weighted by atomic mass is 28.4. The number of hydrogen-bond acceptors (Lipinski definition) is 1. The van der Waals surface area contributed by atoms with E-state index in [1.807, 2.05) is 0 Å². The van der Waals surface area contributed by atoms with Crippen LogP contribution in [0.25, 0.3) is 11.1 Å². The van der Waals surface area contributed by atoms with Crippen LogP contribution in [0, 0.1) is 0 Å². The second kappa shape index (κ2) is 13.8. The largest absolute Gasteiger partial charge is 0.414 e. The zero-order valence-electron chi connectivity index (χ0n) is 35.0. The van der Waals surface area contributed by atoms with E-state index in [0.717, 1.165) is 0 Å². The quantitative estimate of drug-likeness (QED) is 0.167. The van der Waals surface area contributed by atoms with Crippen LogP contribution in [-0.4, -0.2) is 64.6 Å². The first-order chi connectivity index (χ1) is 22.1. The van der Waals surface area contributed by atoms with Crippen LogP contribution in [0.15, 0.2) is 60.7 Å². The van der Waals surface area contributed by atoms with Crippen LogP contribution in [-0.2, 0) is 4.43 Å². The van der Waals surface area contributed by atoms with Crippen LogP contribution in [0.2, 0.25) is 118 Å². The summed E-state index contributed by atoms with van der Waals surface area (Å²) in [5.41, 5.74) is 11.3. The maximum absolute atomic E-state index is 7.18. The maximum atomic E-state index is 7.18. The zero-order chi connectivity index (χ0) is 37.3. The average molecular weight is 777 g/mol. The molecule has 0 aromatic heterocycles. The van der Waals surface area contributed by atoms with E-state index in [-0.39, 0.29) is 5.54 Å². The van der Waals surface area contributed by atoms with Gasteiger partial charge in [-0.3, -0.25) is 0 Å². The lowest BCUT2D eigenvalue weighted by molar-refractivity contribution is 0.423. The molecule has 0 heterocycles. The van der Waals surface area contributed by atoms with E-state index in [1.165, 1.54) is 22.3 Å². The Morgan fingerprint density at radius 1 is 0.469 bits per heavy atom. The Labute approximate surface area is 310 Å². The van der Waals surface area contributed by atoms with Gasteiger partial charge in [0.2, 0.25) is 0 Å². The molecule has 3 aromatic rings. The lowest BCUT2D eigenvalue weighted by Crippen LogP contribution is -2.56. The summed E-state index contributed by atoms with van der Waals surface area (Å²) in [6.45, 7) is 48.0. The SMILES string of the molecule is CO[Si](c1c(C([Si](C)(C)C)[Si](C)(C)C)cc(C([Si](C)(C)C)[Si](C)(C)C)cc1C([Si](C)(C)C)[Si](C)(C)C)C1c2ccccc2-c2ccccc21. The van der Waals surface area contributed by atoms with E-state index >= 15 is 0 Å². The van der Waals surface area contributed by atoms with Crippen molar-refractivity contribution >= 4 is 62.7 Å². The third-order valence-corrected chi connectivity index (χ3v) is 41.5. The van der Waals surface area contributed by atoms with Crippen LogP contribution in [0.4, 0.5) is 0 Å². The number of rotatable bonds is 12. The van der Waals surface area contributed by atoms with E-state index in [1.54, 1.807) is 21.9 Å². The summed E-state index contributed by atoms with van der Waals surface area (Å²) >= 11 is 0. The van der Waals surface area contributed by atoms with Gasteiger partial charge in [0.1, 0.15) is 0 Å². The fraction of sp³-hybridized carbons (Fsp3) is 0.561. The molecule has 4 rings (SSSR count). The van der Waals surface area contributed by atoms with Crippen LogP contribution >= 0.6 is 0 Å². The van der Waals surface area contributed by atoms with Crippen LogP contribution < -0.4 is 5.19 Å². The Morgan fingerprint density at radius 3 is 1.06 bits per heavy atom. The molecule has 1 aliphatic carbocycles. The molecule has 8 heteroatoms. The molecule has 0 unspecified atom stereocenters. The minimum absolute atomic E-state index is 0.281. The van der Waals surface area contributed by atoms with Crippen molar-refractivity contribution < 1.29 is 4.43 Å². The molecule has 269 valence electrons. The van der Waals surface area contributed by atoms with E-state index in [9.17, 15) is 0 Å². The molecule has 0 atom stereocenters. The molecule has 0 fully saturated rings. The maximum Gasteiger partial charge on any atom is 0.259 e. The first-order valence-corrected chi connectivity index (χ1v) is 41.8. The van der Waals surface area contributed by atoms with Crippen molar-refractivity contribution in [1.82, 2.24) is 0 Å². The van der Waals surface area contributed by atoms with Crippen LogP contribution in [0.1, 0.15) is 48.9 Å². The van der Waals surface area contributed by atoms with Gasteiger partial charge in [0.15, 0.2) is 0 Å². The normalized spacial score (nSPS) is 15.2. The molecule has 0 amide bonds. The predicted molar refractivity (Wildman–Crippen MR) is 241 cm³/mol. The van der Waals surface area contributed by atoms with Gasteiger partial charge in [0.05, 0.1) is 0 Å². The van der Waals surface area contributed by atoms with Crippen molar-refractivity contribution in [3.63, 3.8) is 0 Å². The van der Waals surface area contributed by atoms with Gasteiger partial charge in [-0.1, -0.05) is 179 Å². The molecule has 0 N–H and O–H groups in total. The first kappa shape index (κ1) is 40.9. The Kier molecular flexibility index (Phi) is 11.6. The first-order valence-electron chi connectivity index (χ1n) is 18.9. The van der Waals surface area contributed by atoms with E-state index in [2.05, 4.69) is 186 Å². The molecule has 1 nitrogen and oxygen atoms in total. The Hall–Kier alpha value is -0.862. The standard InChI is InChI=1S/C41H71OSi7/c1-42-43(37-33-26-22-20-24-31(33)32-25-21-23-27-34(32)37)38-35(40(46(8,9)10)47(11,12)13)28-30(39(44(2,3)4)45(5,6)7)29-36(38)41(48(14,15)16)49(17,18)19/h20-29,37,39-41H,1-19H3. The number of hydrogen-bond donors (Lipinski definition) is 0. The van der Waals surface area contributed by atoms with E-state index in [0.29, 0.717) is 15.5 Å². The molecule has 49 heavy (non-hydrogen) atoms. The van der Waals surface area contributed by atoms with Crippen molar-refractivity contribution in [2.75, 3.05) is 7.11 Å². The summed E-state index contributed by atoms with van der Waals surface area (Å²) in [6.07, 6.45) is 0. The molecular weight excluding hydrogens is 705 g/mol. The van der Waals surface area contributed by atoms with Gasteiger partial charge in [-0.25, -0.2) is 0 Å². The lowest BCUT2D eigenvalue weighted by Gasteiger charge is -2.47. The van der Waals surface area contributed by atoms with Crippen LogP contribution in [0.3, 0.4) is 0 Å². The molecule has 0 aliphatic heterocycles. The highest BCUT2D eigenvalue weighted by Gasteiger charge is 2.50. The van der Waals surface area contributed by atoms with Gasteiger partial charge in [0, 0.05) is 61.1 Å². The van der Waals surface area contributed by atoms with Gasteiger partial charge in [-0.15, -0.1) is 0 Å². The minimum Gasteiger partial charge on any atom is -0.414 e. The highest BCUT2D eigenvalue weighted by Crippen LogP contribution is 2.49. The Morgan fingerprint density at radius 2 is 0.776 bits per heavy atom. The molecule has 0 saturated heterocycles. The summed E-state index contributed by atoms with van der Waals surface area (Å²) < 4.78 is 7.18. The molecule has 0 spiro atoms. The zero-order valence-corrected chi connectivity index (χ0v) is 42.0. The Balaban J connectivity index is 2.31. The fourth-order valence-electron chi connectivity index (χ4n) is 11.2. The minimum atomic E-state index is -1.67. The summed E-state index contributed by atoms with van der Waals surface area (Å²) in [5, 5.41) is 3.72. The van der Waals surface area contributed by atoms with Crippen LogP contribution in [0.5, 0.6) is 0 Å². The highest BCUT2D eigenvalue weighted by molar-refractivity contribution is 6.98. The summed E-state index contributed by atoms with van der Waals surface area (Å²) in [6, 6.07) is 24.3. The van der Waals surface area contributed by atoms with Crippen molar-refractivity contribution in [1.29, 1.82) is 0 Å². The van der Waals surface area contributed by atoms with E-state index < -0.39 is 57.5 Å². The lowest BCUT2D eigenvalue weighted by atomic mass is 10.1. The molecule has 3 aromatic carbocycles. The summed E-state index contributed by atoms with van der Waals surface area (Å²) in [7, 11) is -9.25. The van der Waals surface area contributed by atoms with Gasteiger partial charge in [-0.05, 0) is 59.6 Å². The summed E-state index contributed by atoms with van der Waals surface area (Å²) in [5.74, 6) is 0. The second-order valence-corrected chi connectivity index (χ2v) is 57.5. The predicted octanol–water partition coefficient (Wildman–Crippen LogP) is 12.4. The van der Waals surface area contributed by atoms with Crippen molar-refractivity contribution in [3.05, 3.63) is 88.5 Å². The van der Waals surface area contributed by atoms with Gasteiger partial charge < -0.3 is 4.43 Å². The molecule has 1 aliphatic rings. The van der Waals surface area contributed by atoms with Crippen molar-refractivity contribution in [2.24, 2.45) is 0 Å². The molecular formula is C41H71OSi7. The Bertz CT molecular complexity index is 1500. The van der Waals surface area contributed by atoms with Crippen molar-refractivity contribution in [3.8, 4) is 11.1 Å². The number of fused-ring (bicyclic) bond motifs is 3. The third kappa shape index (κ3) is 8.37. The third-order valence-electron chi connectivity index (χ3n) is 10.9. The fourth-order valence-corrected chi connectivity index (χ4v) is 52.7. The van der Waals surface area contributed by atoms with E-state index in [4.69, 9.17) is 4.43 Å². The van der Waals surface area contributed by atoms with Gasteiger partial charge in [0.25, 0.3) is 9.04 Å². The smallest absolute Gasteiger partial charge is 0.259 e. The molecule has 0 saturated carbocycles. The topological polar surface area (TPSA) is 9.23 Å². The molecule has 0 bridgehead atoms. The second-order valence-electron chi connectivity index (χ2n) is 21.7. The monoisotopic (exact) mass is 775 g/mol. The molecule has 1 radical (unpaired) electrons. The summed E-state index contributed by atoms with van der Waals surface area (Å²) in [4.78, 5) is 0. The average Bonchev–Trinajstić information content (AvgIpc) is 3.20. The van der Waals surface area contributed by atoms with Gasteiger partial charge in [-0.2, -0.15) is 0 Å². The number of benzene rings is 3.